The molecule has 20 heavy (non-hydrogen) atoms. The summed E-state index contributed by atoms with van der Waals surface area (Å²) in [5, 5.41) is 0. The molecule has 3 heterocycles. The van der Waals surface area contributed by atoms with Gasteiger partial charge >= 0.3 is 0 Å². The molecule has 0 N–H and O–H groups in total. The highest BCUT2D eigenvalue weighted by molar-refractivity contribution is 5.59. The third-order valence-corrected chi connectivity index (χ3v) is 4.73. The number of hydrogen-bond acceptors (Lipinski definition) is 4. The predicted molar refractivity (Wildman–Crippen MR) is 81.7 cm³/mol. The van der Waals surface area contributed by atoms with Crippen LogP contribution in [0.5, 0.6) is 5.75 Å². The number of rotatable bonds is 1. The summed E-state index contributed by atoms with van der Waals surface area (Å²) in [7, 11) is 0. The topological polar surface area (TPSA) is 28.6 Å². The van der Waals surface area contributed by atoms with Crippen molar-refractivity contribution in [1.82, 2.24) is 9.88 Å². The third-order valence-electron chi connectivity index (χ3n) is 4.73. The molecular formula is C16H25N3O. The van der Waals surface area contributed by atoms with Crippen LogP contribution in [0.2, 0.25) is 0 Å². The molecule has 110 valence electrons. The Kier molecular flexibility index (Phi) is 3.59. The Morgan fingerprint density at radius 1 is 1.30 bits per heavy atom. The molecular weight excluding hydrogens is 250 g/mol. The van der Waals surface area contributed by atoms with Crippen molar-refractivity contribution < 1.29 is 4.74 Å². The van der Waals surface area contributed by atoms with Gasteiger partial charge in [0, 0.05) is 44.3 Å². The van der Waals surface area contributed by atoms with Gasteiger partial charge in [-0.05, 0) is 38.8 Å². The molecule has 4 heteroatoms. The second-order valence-electron chi connectivity index (χ2n) is 6.29. The number of nitrogens with zero attached hydrogens (tertiary/aromatic N) is 3. The molecule has 1 saturated heterocycles. The number of aromatic nitrogens is 1. The summed E-state index contributed by atoms with van der Waals surface area (Å²) in [5.74, 6) is 2.06. The molecule has 1 aromatic heterocycles. The van der Waals surface area contributed by atoms with Gasteiger partial charge in [0.25, 0.3) is 0 Å². The minimum atomic E-state index is 0.530. The SMILES string of the molecule is Cc1cnc2c(c1C)OCCC1CN(C(C)C)CCN21. The maximum absolute atomic E-state index is 6.03. The largest absolute Gasteiger partial charge is 0.489 e. The lowest BCUT2D eigenvalue weighted by atomic mass is 10.1. The van der Waals surface area contributed by atoms with E-state index in [-0.39, 0.29) is 0 Å². The molecule has 4 nitrogen and oxygen atoms in total. The molecule has 0 aromatic carbocycles. The van der Waals surface area contributed by atoms with E-state index in [4.69, 9.17) is 4.74 Å². The number of ether oxygens (including phenoxy) is 1. The van der Waals surface area contributed by atoms with Crippen LogP contribution < -0.4 is 9.64 Å². The van der Waals surface area contributed by atoms with Crippen LogP contribution in [-0.4, -0.2) is 48.2 Å². The van der Waals surface area contributed by atoms with E-state index in [0.29, 0.717) is 12.1 Å². The summed E-state index contributed by atoms with van der Waals surface area (Å²) in [4.78, 5) is 9.70. The molecule has 3 rings (SSSR count). The van der Waals surface area contributed by atoms with Gasteiger partial charge in [-0.1, -0.05) is 0 Å². The van der Waals surface area contributed by atoms with Crippen LogP contribution in [0, 0.1) is 13.8 Å². The minimum Gasteiger partial charge on any atom is -0.489 e. The highest BCUT2D eigenvalue weighted by atomic mass is 16.5. The van der Waals surface area contributed by atoms with Gasteiger partial charge in [-0.3, -0.25) is 4.90 Å². The number of pyridine rings is 1. The van der Waals surface area contributed by atoms with Gasteiger partial charge < -0.3 is 9.64 Å². The predicted octanol–water partition coefficient (Wildman–Crippen LogP) is 2.38. The van der Waals surface area contributed by atoms with E-state index in [2.05, 4.69) is 42.5 Å². The summed E-state index contributed by atoms with van der Waals surface area (Å²) in [6.07, 6.45) is 3.06. The first-order valence-electron chi connectivity index (χ1n) is 7.67. The lowest BCUT2D eigenvalue weighted by Crippen LogP contribution is -2.55. The highest BCUT2D eigenvalue weighted by Gasteiger charge is 2.33. The zero-order chi connectivity index (χ0) is 14.3. The van der Waals surface area contributed by atoms with E-state index < -0.39 is 0 Å². The van der Waals surface area contributed by atoms with Crippen LogP contribution >= 0.6 is 0 Å². The molecule has 0 radical (unpaired) electrons. The van der Waals surface area contributed by atoms with Gasteiger partial charge in [0.1, 0.15) is 0 Å². The number of hydrogen-bond donors (Lipinski definition) is 0. The first-order chi connectivity index (χ1) is 9.58. The molecule has 1 atom stereocenters. The van der Waals surface area contributed by atoms with Crippen molar-refractivity contribution >= 4 is 5.82 Å². The number of piperazine rings is 1. The van der Waals surface area contributed by atoms with Crippen molar-refractivity contribution in [3.05, 3.63) is 17.3 Å². The van der Waals surface area contributed by atoms with E-state index >= 15 is 0 Å². The standard InChI is InChI=1S/C16H25N3O/c1-11(2)18-6-7-19-14(10-18)5-8-20-15-13(4)12(3)9-17-16(15)19/h9,11,14H,5-8,10H2,1-4H3. The highest BCUT2D eigenvalue weighted by Crippen LogP contribution is 2.36. The summed E-state index contributed by atoms with van der Waals surface area (Å²) in [6, 6.07) is 1.15. The number of anilines is 1. The average Bonchev–Trinajstić information content (AvgIpc) is 2.61. The first kappa shape index (κ1) is 13.7. The maximum atomic E-state index is 6.03. The molecule has 0 amide bonds. The van der Waals surface area contributed by atoms with Crippen molar-refractivity contribution in [1.29, 1.82) is 0 Å². The van der Waals surface area contributed by atoms with Gasteiger partial charge in [0.05, 0.1) is 6.61 Å². The molecule has 0 bridgehead atoms. The van der Waals surface area contributed by atoms with Crippen LogP contribution in [0.1, 0.15) is 31.4 Å². The lowest BCUT2D eigenvalue weighted by Gasteiger charge is -2.42. The van der Waals surface area contributed by atoms with Crippen molar-refractivity contribution in [2.45, 2.75) is 46.2 Å². The van der Waals surface area contributed by atoms with Crippen molar-refractivity contribution in [3.63, 3.8) is 0 Å². The van der Waals surface area contributed by atoms with Crippen LogP contribution in [0.15, 0.2) is 6.20 Å². The smallest absolute Gasteiger partial charge is 0.172 e. The summed E-state index contributed by atoms with van der Waals surface area (Å²) >= 11 is 0. The molecule has 2 aliphatic rings. The van der Waals surface area contributed by atoms with Gasteiger partial charge in [-0.25, -0.2) is 4.98 Å². The normalized spacial score (nSPS) is 23.1. The third kappa shape index (κ3) is 2.26. The van der Waals surface area contributed by atoms with Crippen molar-refractivity contribution in [3.8, 4) is 5.75 Å². The Labute approximate surface area is 121 Å². The van der Waals surface area contributed by atoms with E-state index in [0.717, 1.165) is 44.2 Å². The average molecular weight is 275 g/mol. The van der Waals surface area contributed by atoms with Crippen LogP contribution in [0.3, 0.4) is 0 Å². The molecule has 2 aliphatic heterocycles. The van der Waals surface area contributed by atoms with E-state index in [9.17, 15) is 0 Å². The van der Waals surface area contributed by atoms with Crippen LogP contribution in [-0.2, 0) is 0 Å². The molecule has 1 aromatic rings. The summed E-state index contributed by atoms with van der Waals surface area (Å²) in [6.45, 7) is 12.9. The monoisotopic (exact) mass is 275 g/mol. The Morgan fingerprint density at radius 3 is 2.85 bits per heavy atom. The zero-order valence-electron chi connectivity index (χ0n) is 13.0. The summed E-state index contributed by atoms with van der Waals surface area (Å²) in [5.41, 5.74) is 2.45. The minimum absolute atomic E-state index is 0.530. The second kappa shape index (κ2) is 5.24. The van der Waals surface area contributed by atoms with E-state index in [1.165, 1.54) is 11.1 Å². The Balaban J connectivity index is 1.93. The lowest BCUT2D eigenvalue weighted by molar-refractivity contribution is 0.172. The first-order valence-corrected chi connectivity index (χ1v) is 7.67. The zero-order valence-corrected chi connectivity index (χ0v) is 13.0. The Hall–Kier alpha value is -1.29. The van der Waals surface area contributed by atoms with E-state index in [1.807, 2.05) is 6.20 Å². The molecule has 0 spiro atoms. The number of fused-ring (bicyclic) bond motifs is 3. The fourth-order valence-electron chi connectivity index (χ4n) is 3.21. The fourth-order valence-corrected chi connectivity index (χ4v) is 3.21. The van der Waals surface area contributed by atoms with Crippen molar-refractivity contribution in [2.75, 3.05) is 31.1 Å². The van der Waals surface area contributed by atoms with Gasteiger partial charge in [-0.2, -0.15) is 0 Å². The van der Waals surface area contributed by atoms with Gasteiger partial charge in [0.2, 0.25) is 0 Å². The van der Waals surface area contributed by atoms with Crippen LogP contribution in [0.4, 0.5) is 5.82 Å². The maximum Gasteiger partial charge on any atom is 0.172 e. The fraction of sp³-hybridized carbons (Fsp3) is 0.688. The van der Waals surface area contributed by atoms with Gasteiger partial charge in [0.15, 0.2) is 11.6 Å². The quantitative estimate of drug-likeness (QED) is 0.787. The Morgan fingerprint density at radius 2 is 2.10 bits per heavy atom. The van der Waals surface area contributed by atoms with Gasteiger partial charge in [-0.15, -0.1) is 0 Å². The van der Waals surface area contributed by atoms with Crippen LogP contribution in [0.25, 0.3) is 0 Å². The van der Waals surface area contributed by atoms with Crippen molar-refractivity contribution in [2.24, 2.45) is 0 Å². The molecule has 1 fully saturated rings. The second-order valence-corrected chi connectivity index (χ2v) is 6.29. The summed E-state index contributed by atoms with van der Waals surface area (Å²) < 4.78 is 6.03. The molecule has 0 aliphatic carbocycles. The Bertz CT molecular complexity index is 501. The van der Waals surface area contributed by atoms with E-state index in [1.54, 1.807) is 0 Å². The number of aryl methyl sites for hydroxylation is 1. The molecule has 1 unspecified atom stereocenters. The molecule has 0 saturated carbocycles.